The van der Waals surface area contributed by atoms with Crippen LogP contribution in [0.15, 0.2) is 48.5 Å². The quantitative estimate of drug-likeness (QED) is 0.546. The number of thiocarbonyl (C=S) groups is 1. The fourth-order valence-electron chi connectivity index (χ4n) is 1.99. The molecule has 0 fully saturated rings. The molecule has 0 aliphatic heterocycles. The summed E-state index contributed by atoms with van der Waals surface area (Å²) < 4.78 is 10.4. The van der Waals surface area contributed by atoms with Gasteiger partial charge < -0.3 is 9.47 Å². The Bertz CT molecular complexity index is 793. The number of benzene rings is 2. The van der Waals surface area contributed by atoms with Crippen molar-refractivity contribution in [3.63, 3.8) is 0 Å². The van der Waals surface area contributed by atoms with E-state index in [4.69, 9.17) is 21.7 Å². The fraction of sp³-hybridized carbons (Fsp3) is 0.167. The van der Waals surface area contributed by atoms with Crippen LogP contribution in [0.1, 0.15) is 15.9 Å². The van der Waals surface area contributed by atoms with E-state index in [1.165, 1.54) is 0 Å². The largest absolute Gasteiger partial charge is 0.497 e. The van der Waals surface area contributed by atoms with Crippen molar-refractivity contribution in [2.24, 2.45) is 0 Å². The van der Waals surface area contributed by atoms with E-state index in [-0.39, 0.29) is 17.6 Å². The standard InChI is InChI=1S/C18H19N3O4S/c1-12-4-3-5-13(10-12)17(23)20-21-18(26)19-16(22)11-25-15-8-6-14(24-2)7-9-15/h3-10H,11H2,1-2H3,(H,20,23)(H2,19,21,22,26). The molecule has 2 aromatic rings. The molecule has 0 spiro atoms. The lowest BCUT2D eigenvalue weighted by atomic mass is 10.1. The molecule has 2 rings (SSSR count). The number of aryl methyl sites for hydroxylation is 1. The van der Waals surface area contributed by atoms with E-state index in [0.717, 1.165) is 5.56 Å². The number of hydrogen-bond acceptors (Lipinski definition) is 5. The molecular weight excluding hydrogens is 354 g/mol. The third kappa shape index (κ3) is 6.06. The van der Waals surface area contributed by atoms with E-state index in [1.54, 1.807) is 49.6 Å². The molecule has 26 heavy (non-hydrogen) atoms. The lowest BCUT2D eigenvalue weighted by molar-refractivity contribution is -0.121. The Balaban J connectivity index is 1.72. The summed E-state index contributed by atoms with van der Waals surface area (Å²) in [5.41, 5.74) is 6.33. The van der Waals surface area contributed by atoms with E-state index in [9.17, 15) is 9.59 Å². The minimum Gasteiger partial charge on any atom is -0.497 e. The van der Waals surface area contributed by atoms with Crippen LogP contribution in [0.4, 0.5) is 0 Å². The molecule has 0 atom stereocenters. The lowest BCUT2D eigenvalue weighted by Gasteiger charge is -2.11. The van der Waals surface area contributed by atoms with Crippen molar-refractivity contribution < 1.29 is 19.1 Å². The van der Waals surface area contributed by atoms with E-state index in [0.29, 0.717) is 17.1 Å². The molecule has 0 saturated heterocycles. The molecule has 2 amide bonds. The zero-order valence-electron chi connectivity index (χ0n) is 14.4. The normalized spacial score (nSPS) is 9.77. The van der Waals surface area contributed by atoms with Gasteiger partial charge in [-0.25, -0.2) is 0 Å². The van der Waals surface area contributed by atoms with Crippen LogP contribution >= 0.6 is 12.2 Å². The molecule has 0 radical (unpaired) electrons. The second kappa shape index (κ2) is 9.38. The van der Waals surface area contributed by atoms with Gasteiger partial charge in [-0.1, -0.05) is 17.7 Å². The summed E-state index contributed by atoms with van der Waals surface area (Å²) in [6.45, 7) is 1.66. The van der Waals surface area contributed by atoms with Crippen molar-refractivity contribution in [2.45, 2.75) is 6.92 Å². The van der Waals surface area contributed by atoms with Crippen molar-refractivity contribution in [2.75, 3.05) is 13.7 Å². The number of methoxy groups -OCH3 is 1. The molecule has 7 nitrogen and oxygen atoms in total. The molecule has 0 heterocycles. The first kappa shape index (κ1) is 19.2. The maximum Gasteiger partial charge on any atom is 0.269 e. The Morgan fingerprint density at radius 3 is 2.38 bits per heavy atom. The van der Waals surface area contributed by atoms with E-state index < -0.39 is 5.91 Å². The molecule has 0 aromatic heterocycles. The van der Waals surface area contributed by atoms with Gasteiger partial charge in [0.25, 0.3) is 11.8 Å². The van der Waals surface area contributed by atoms with Crippen molar-refractivity contribution in [1.29, 1.82) is 0 Å². The fourth-order valence-corrected chi connectivity index (χ4v) is 2.15. The van der Waals surface area contributed by atoms with E-state index >= 15 is 0 Å². The second-order valence-electron chi connectivity index (χ2n) is 5.29. The van der Waals surface area contributed by atoms with Crippen LogP contribution in [0.5, 0.6) is 11.5 Å². The molecule has 0 aliphatic carbocycles. The zero-order chi connectivity index (χ0) is 18.9. The maximum atomic E-state index is 12.0. The highest BCUT2D eigenvalue weighted by atomic mass is 32.1. The third-order valence-electron chi connectivity index (χ3n) is 3.25. The Labute approximate surface area is 156 Å². The first-order chi connectivity index (χ1) is 12.5. The summed E-state index contributed by atoms with van der Waals surface area (Å²) in [4.78, 5) is 23.8. The number of rotatable bonds is 5. The second-order valence-corrected chi connectivity index (χ2v) is 5.70. The summed E-state index contributed by atoms with van der Waals surface area (Å²) in [5.74, 6) is 0.395. The van der Waals surface area contributed by atoms with Gasteiger partial charge in [0.1, 0.15) is 11.5 Å². The van der Waals surface area contributed by atoms with Gasteiger partial charge >= 0.3 is 0 Å². The highest BCUT2D eigenvalue weighted by molar-refractivity contribution is 7.80. The number of carbonyl (C=O) groups excluding carboxylic acids is 2. The topological polar surface area (TPSA) is 88.7 Å². The first-order valence-corrected chi connectivity index (χ1v) is 8.12. The van der Waals surface area contributed by atoms with Gasteiger partial charge in [0.15, 0.2) is 11.7 Å². The summed E-state index contributed by atoms with van der Waals surface area (Å²) in [5, 5.41) is 2.37. The molecule has 8 heteroatoms. The average molecular weight is 373 g/mol. The Kier molecular flexibility index (Phi) is 6.92. The molecule has 3 N–H and O–H groups in total. The van der Waals surface area contributed by atoms with Crippen LogP contribution in [-0.2, 0) is 4.79 Å². The van der Waals surface area contributed by atoms with Crippen molar-refractivity contribution in [1.82, 2.24) is 16.2 Å². The maximum absolute atomic E-state index is 12.0. The molecule has 2 aromatic carbocycles. The highest BCUT2D eigenvalue weighted by Gasteiger charge is 2.08. The van der Waals surface area contributed by atoms with Crippen molar-refractivity contribution in [3.8, 4) is 11.5 Å². The predicted octanol–water partition coefficient (Wildman–Crippen LogP) is 1.72. The predicted molar refractivity (Wildman–Crippen MR) is 101 cm³/mol. The number of hydrazine groups is 1. The lowest BCUT2D eigenvalue weighted by Crippen LogP contribution is -2.49. The molecule has 136 valence electrons. The molecule has 0 unspecified atom stereocenters. The van der Waals surface area contributed by atoms with Gasteiger partial charge in [0.05, 0.1) is 7.11 Å². The van der Waals surface area contributed by atoms with E-state index in [1.807, 2.05) is 13.0 Å². The monoisotopic (exact) mass is 373 g/mol. The van der Waals surface area contributed by atoms with Crippen molar-refractivity contribution in [3.05, 3.63) is 59.7 Å². The summed E-state index contributed by atoms with van der Waals surface area (Å²) in [6, 6.07) is 13.9. The van der Waals surface area contributed by atoms with E-state index in [2.05, 4.69) is 16.2 Å². The van der Waals surface area contributed by atoms with Gasteiger partial charge in [-0.05, 0) is 55.5 Å². The van der Waals surface area contributed by atoms with Gasteiger partial charge in [-0.2, -0.15) is 0 Å². The van der Waals surface area contributed by atoms with Gasteiger partial charge in [-0.15, -0.1) is 0 Å². The SMILES string of the molecule is COc1ccc(OCC(=O)NC(=S)NNC(=O)c2cccc(C)c2)cc1. The Morgan fingerprint density at radius 1 is 1.04 bits per heavy atom. The molecule has 0 bridgehead atoms. The number of ether oxygens (including phenoxy) is 2. The first-order valence-electron chi connectivity index (χ1n) is 7.71. The molecule has 0 saturated carbocycles. The smallest absolute Gasteiger partial charge is 0.269 e. The van der Waals surface area contributed by atoms with Crippen LogP contribution < -0.4 is 25.6 Å². The minimum absolute atomic E-state index is 0.0330. The van der Waals surface area contributed by atoms with Crippen LogP contribution in [0.3, 0.4) is 0 Å². The molecule has 0 aliphatic rings. The summed E-state index contributed by atoms with van der Waals surface area (Å²) in [6.07, 6.45) is 0. The Hall–Kier alpha value is -3.13. The van der Waals surface area contributed by atoms with Crippen LogP contribution in [0.2, 0.25) is 0 Å². The zero-order valence-corrected chi connectivity index (χ0v) is 15.2. The Morgan fingerprint density at radius 2 is 1.73 bits per heavy atom. The number of hydrogen-bond donors (Lipinski definition) is 3. The highest BCUT2D eigenvalue weighted by Crippen LogP contribution is 2.16. The average Bonchev–Trinajstić information content (AvgIpc) is 2.65. The molecular formula is C18H19N3O4S. The number of carbonyl (C=O) groups is 2. The number of amides is 2. The van der Waals surface area contributed by atoms with Crippen LogP contribution in [-0.4, -0.2) is 30.6 Å². The van der Waals surface area contributed by atoms with Crippen molar-refractivity contribution >= 4 is 29.1 Å². The summed E-state index contributed by atoms with van der Waals surface area (Å²) in [7, 11) is 1.56. The van der Waals surface area contributed by atoms with Crippen LogP contribution in [0, 0.1) is 6.92 Å². The van der Waals surface area contributed by atoms with Crippen LogP contribution in [0.25, 0.3) is 0 Å². The van der Waals surface area contributed by atoms with Gasteiger partial charge in [0.2, 0.25) is 0 Å². The minimum atomic E-state index is -0.455. The van der Waals surface area contributed by atoms with Gasteiger partial charge in [-0.3, -0.25) is 25.8 Å². The third-order valence-corrected chi connectivity index (χ3v) is 3.46. The van der Waals surface area contributed by atoms with Gasteiger partial charge in [0, 0.05) is 5.56 Å². The number of nitrogens with one attached hydrogen (secondary N) is 3. The summed E-state index contributed by atoms with van der Waals surface area (Å²) >= 11 is 4.96.